The fourth-order valence-corrected chi connectivity index (χ4v) is 7.40. The van der Waals surface area contributed by atoms with E-state index < -0.39 is 17.7 Å². The third-order valence-corrected chi connectivity index (χ3v) is 10.0. The standard InChI is InChI=1S/C35H35N3O5S2/c1-4-5-6-16-42-27-9-7-8-24(19-27)30-29(31(39)25-14-15-28-26(18-25)17-22(3)43-28)32(40)33(41)38(30)34-36-37-35(45-34)44-20-23-12-10-21(2)11-13-23/h7-15,18-19,22,30,39H,4-6,16-17,20H2,1-3H3/b31-29+/t22-,30-/m1/s1. The molecule has 0 radical (unpaired) electrons. The maximum absolute atomic E-state index is 13.7. The summed E-state index contributed by atoms with van der Waals surface area (Å²) in [6.45, 7) is 6.73. The second kappa shape index (κ2) is 13.5. The number of ketones is 1. The molecule has 1 saturated heterocycles. The highest BCUT2D eigenvalue weighted by atomic mass is 32.2. The molecule has 3 aromatic carbocycles. The molecule has 4 aromatic rings. The van der Waals surface area contributed by atoms with Gasteiger partial charge in [-0.3, -0.25) is 14.5 Å². The van der Waals surface area contributed by atoms with Gasteiger partial charge >= 0.3 is 5.91 Å². The lowest BCUT2D eigenvalue weighted by atomic mass is 9.94. The summed E-state index contributed by atoms with van der Waals surface area (Å²) >= 11 is 2.77. The third-order valence-electron chi connectivity index (χ3n) is 7.89. The Hall–Kier alpha value is -4.15. The predicted molar refractivity (Wildman–Crippen MR) is 177 cm³/mol. The summed E-state index contributed by atoms with van der Waals surface area (Å²) in [5, 5.41) is 20.7. The summed E-state index contributed by atoms with van der Waals surface area (Å²) in [6, 6.07) is 20.1. The monoisotopic (exact) mass is 641 g/mol. The number of aryl methyl sites for hydroxylation is 1. The molecule has 0 spiro atoms. The summed E-state index contributed by atoms with van der Waals surface area (Å²) in [5.74, 6) is 0.296. The first-order valence-electron chi connectivity index (χ1n) is 15.2. The number of hydrogen-bond donors (Lipinski definition) is 1. The lowest BCUT2D eigenvalue weighted by molar-refractivity contribution is -0.132. The molecule has 45 heavy (non-hydrogen) atoms. The number of benzene rings is 3. The van der Waals surface area contributed by atoms with Gasteiger partial charge in [-0.2, -0.15) is 0 Å². The van der Waals surface area contributed by atoms with Crippen LogP contribution in [0.3, 0.4) is 0 Å². The van der Waals surface area contributed by atoms with Gasteiger partial charge < -0.3 is 14.6 Å². The van der Waals surface area contributed by atoms with Crippen LogP contribution in [0.4, 0.5) is 5.13 Å². The Balaban J connectivity index is 1.37. The highest BCUT2D eigenvalue weighted by molar-refractivity contribution is 8.00. The van der Waals surface area contributed by atoms with Gasteiger partial charge in [0.15, 0.2) is 4.34 Å². The molecule has 0 bridgehead atoms. The Kier molecular flexibility index (Phi) is 9.23. The van der Waals surface area contributed by atoms with Crippen molar-refractivity contribution in [1.82, 2.24) is 10.2 Å². The van der Waals surface area contributed by atoms with E-state index in [2.05, 4.69) is 41.4 Å². The lowest BCUT2D eigenvalue weighted by Crippen LogP contribution is -2.29. The number of rotatable bonds is 11. The summed E-state index contributed by atoms with van der Waals surface area (Å²) in [6.07, 6.45) is 3.79. The minimum atomic E-state index is -0.921. The van der Waals surface area contributed by atoms with Crippen LogP contribution in [0.25, 0.3) is 5.76 Å². The van der Waals surface area contributed by atoms with Crippen molar-refractivity contribution >= 4 is 45.7 Å². The lowest BCUT2D eigenvalue weighted by Gasteiger charge is -2.23. The Morgan fingerprint density at radius 2 is 1.91 bits per heavy atom. The molecule has 6 rings (SSSR count). The number of aliphatic hydroxyl groups is 1. The molecule has 1 N–H and O–H groups in total. The summed E-state index contributed by atoms with van der Waals surface area (Å²) < 4.78 is 12.5. The number of carbonyl (C=O) groups is 2. The Labute approximate surface area is 271 Å². The zero-order valence-electron chi connectivity index (χ0n) is 25.5. The average Bonchev–Trinajstić information content (AvgIpc) is 3.73. The molecule has 3 heterocycles. The molecule has 1 fully saturated rings. The van der Waals surface area contributed by atoms with Gasteiger partial charge in [0.1, 0.15) is 23.4 Å². The SMILES string of the molecule is CCCCCOc1cccc([C@@H]2/C(=C(\O)c3ccc4c(c3)C[C@@H](C)O4)C(=O)C(=O)N2c2nnc(SCc3ccc(C)cc3)s2)c1. The molecule has 1 amide bonds. The maximum Gasteiger partial charge on any atom is 0.301 e. The second-order valence-electron chi connectivity index (χ2n) is 11.4. The van der Waals surface area contributed by atoms with E-state index >= 15 is 0 Å². The van der Waals surface area contributed by atoms with Crippen LogP contribution in [0.1, 0.15) is 67.0 Å². The number of ether oxygens (including phenoxy) is 2. The topological polar surface area (TPSA) is 102 Å². The third kappa shape index (κ3) is 6.62. The number of thioether (sulfide) groups is 1. The van der Waals surface area contributed by atoms with Crippen LogP contribution in [-0.4, -0.2) is 39.7 Å². The second-order valence-corrected chi connectivity index (χ2v) is 13.6. The predicted octanol–water partition coefficient (Wildman–Crippen LogP) is 7.66. The minimum Gasteiger partial charge on any atom is -0.507 e. The van der Waals surface area contributed by atoms with Crippen LogP contribution in [0.15, 0.2) is 76.6 Å². The van der Waals surface area contributed by atoms with Crippen LogP contribution < -0.4 is 14.4 Å². The number of Topliss-reactive ketones (excluding diaryl/α,β-unsaturated/α-hetero) is 1. The molecule has 10 heteroatoms. The van der Waals surface area contributed by atoms with E-state index in [-0.39, 0.29) is 22.6 Å². The first kappa shape index (κ1) is 30.9. The normalized spacial score (nSPS) is 18.7. The van der Waals surface area contributed by atoms with Crippen molar-refractivity contribution in [1.29, 1.82) is 0 Å². The van der Waals surface area contributed by atoms with Gasteiger partial charge in [-0.25, -0.2) is 0 Å². The highest BCUT2D eigenvalue weighted by Gasteiger charge is 2.48. The van der Waals surface area contributed by atoms with Crippen molar-refractivity contribution in [3.05, 3.63) is 100 Å². The number of fused-ring (bicyclic) bond motifs is 1. The molecule has 0 saturated carbocycles. The van der Waals surface area contributed by atoms with Gasteiger partial charge in [0.2, 0.25) is 5.13 Å². The number of unbranched alkanes of at least 4 members (excludes halogenated alkanes) is 2. The van der Waals surface area contributed by atoms with Crippen LogP contribution in [0, 0.1) is 6.92 Å². The molecular weight excluding hydrogens is 607 g/mol. The van der Waals surface area contributed by atoms with Gasteiger partial charge in [-0.05, 0) is 67.3 Å². The number of aliphatic hydroxyl groups excluding tert-OH is 1. The Bertz CT molecular complexity index is 1750. The van der Waals surface area contributed by atoms with Gasteiger partial charge in [-0.1, -0.05) is 84.8 Å². The van der Waals surface area contributed by atoms with Crippen LogP contribution in [-0.2, 0) is 21.8 Å². The molecule has 2 aliphatic rings. The van der Waals surface area contributed by atoms with E-state index in [4.69, 9.17) is 9.47 Å². The van der Waals surface area contributed by atoms with Crippen LogP contribution in [0.2, 0.25) is 0 Å². The van der Waals surface area contributed by atoms with Crippen molar-refractivity contribution in [2.24, 2.45) is 0 Å². The molecule has 1 aromatic heterocycles. The van der Waals surface area contributed by atoms with Crippen molar-refractivity contribution < 1.29 is 24.2 Å². The summed E-state index contributed by atoms with van der Waals surface area (Å²) in [7, 11) is 0. The molecule has 2 atom stereocenters. The fraction of sp³-hybridized carbons (Fsp3) is 0.314. The number of aromatic nitrogens is 2. The summed E-state index contributed by atoms with van der Waals surface area (Å²) in [4.78, 5) is 28.8. The van der Waals surface area contributed by atoms with Gasteiger partial charge in [-0.15, -0.1) is 10.2 Å². The zero-order chi connectivity index (χ0) is 31.5. The first-order valence-corrected chi connectivity index (χ1v) is 17.0. The number of amides is 1. The van der Waals surface area contributed by atoms with Crippen molar-refractivity contribution in [2.75, 3.05) is 11.5 Å². The number of nitrogens with zero attached hydrogens (tertiary/aromatic N) is 3. The molecule has 0 aliphatic carbocycles. The molecule has 0 unspecified atom stereocenters. The molecule has 2 aliphatic heterocycles. The molecule has 8 nitrogen and oxygen atoms in total. The molecular formula is C35H35N3O5S2. The first-order chi connectivity index (χ1) is 21.8. The summed E-state index contributed by atoms with van der Waals surface area (Å²) in [5.41, 5.74) is 4.36. The number of hydrogen-bond acceptors (Lipinski definition) is 9. The molecule has 232 valence electrons. The van der Waals surface area contributed by atoms with E-state index in [9.17, 15) is 14.7 Å². The Morgan fingerprint density at radius 3 is 2.71 bits per heavy atom. The largest absolute Gasteiger partial charge is 0.507 e. The van der Waals surface area contributed by atoms with Crippen molar-refractivity contribution in [3.8, 4) is 11.5 Å². The van der Waals surface area contributed by atoms with Gasteiger partial charge in [0.25, 0.3) is 5.78 Å². The highest BCUT2D eigenvalue weighted by Crippen LogP contribution is 2.45. The van der Waals surface area contributed by atoms with Gasteiger partial charge in [0, 0.05) is 17.7 Å². The number of carbonyl (C=O) groups excluding carboxylic acids is 2. The van der Waals surface area contributed by atoms with E-state index in [1.807, 2.05) is 44.2 Å². The maximum atomic E-state index is 13.7. The smallest absolute Gasteiger partial charge is 0.301 e. The average molecular weight is 642 g/mol. The quantitative estimate of drug-likeness (QED) is 0.0445. The zero-order valence-corrected chi connectivity index (χ0v) is 27.1. The van der Waals surface area contributed by atoms with Crippen molar-refractivity contribution in [2.45, 2.75) is 68.7 Å². The van der Waals surface area contributed by atoms with E-state index in [1.54, 1.807) is 12.1 Å². The van der Waals surface area contributed by atoms with E-state index in [0.29, 0.717) is 40.0 Å². The minimum absolute atomic E-state index is 0.000829. The van der Waals surface area contributed by atoms with Crippen molar-refractivity contribution in [3.63, 3.8) is 0 Å². The van der Waals surface area contributed by atoms with Crippen LogP contribution >= 0.6 is 23.1 Å². The van der Waals surface area contributed by atoms with Crippen LogP contribution in [0.5, 0.6) is 11.5 Å². The van der Waals surface area contributed by atoms with E-state index in [1.165, 1.54) is 33.6 Å². The number of anilines is 1. The fourth-order valence-electron chi connectivity index (χ4n) is 5.57. The van der Waals surface area contributed by atoms with Gasteiger partial charge in [0.05, 0.1) is 18.2 Å². The van der Waals surface area contributed by atoms with E-state index in [0.717, 1.165) is 36.1 Å². The Morgan fingerprint density at radius 1 is 1.09 bits per heavy atom.